The standard InChI is InChI=1S/C23H30O2Si/c1-23(2,3)26(19-10-6-4-7-11-19,20-12-8-5-9-13-20)25-16-18-14-17-15-21(17)22(18)24/h4-13,17-18,21-22,24H,14-16H2,1-3H3/t17-,18-,21+,22+/m1/s1. The van der Waals surface area contributed by atoms with E-state index in [1.165, 1.54) is 16.8 Å². The molecule has 0 aliphatic heterocycles. The second-order valence-electron chi connectivity index (χ2n) is 9.12. The number of rotatable bonds is 5. The second-order valence-corrected chi connectivity index (χ2v) is 13.4. The van der Waals surface area contributed by atoms with Crippen molar-refractivity contribution in [3.8, 4) is 0 Å². The van der Waals surface area contributed by atoms with Crippen LogP contribution in [-0.4, -0.2) is 26.1 Å². The van der Waals surface area contributed by atoms with Gasteiger partial charge in [0.1, 0.15) is 0 Å². The van der Waals surface area contributed by atoms with Gasteiger partial charge < -0.3 is 9.53 Å². The number of benzene rings is 2. The van der Waals surface area contributed by atoms with E-state index in [9.17, 15) is 5.11 Å². The summed E-state index contributed by atoms with van der Waals surface area (Å²) < 4.78 is 6.97. The third kappa shape index (κ3) is 2.96. The summed E-state index contributed by atoms with van der Waals surface area (Å²) in [6.45, 7) is 7.59. The Hall–Kier alpha value is -1.42. The maximum Gasteiger partial charge on any atom is 0.261 e. The maximum atomic E-state index is 10.6. The van der Waals surface area contributed by atoms with Gasteiger partial charge in [0.15, 0.2) is 0 Å². The molecule has 0 unspecified atom stereocenters. The fourth-order valence-electron chi connectivity index (χ4n) is 5.00. The number of hydrogen-bond acceptors (Lipinski definition) is 2. The summed E-state index contributed by atoms with van der Waals surface area (Å²) in [5.74, 6) is 1.58. The van der Waals surface area contributed by atoms with Gasteiger partial charge in [-0.15, -0.1) is 0 Å². The highest BCUT2D eigenvalue weighted by molar-refractivity contribution is 6.99. The molecular weight excluding hydrogens is 336 g/mol. The lowest BCUT2D eigenvalue weighted by atomic mass is 10.0. The molecule has 3 heteroatoms. The second kappa shape index (κ2) is 6.63. The first kappa shape index (κ1) is 18.0. The zero-order valence-corrected chi connectivity index (χ0v) is 17.1. The topological polar surface area (TPSA) is 29.5 Å². The van der Waals surface area contributed by atoms with Crippen LogP contribution in [0.3, 0.4) is 0 Å². The quantitative estimate of drug-likeness (QED) is 0.820. The molecule has 1 N–H and O–H groups in total. The van der Waals surface area contributed by atoms with Crippen molar-refractivity contribution in [2.24, 2.45) is 17.8 Å². The number of aliphatic hydroxyl groups excluding tert-OH is 1. The Bertz CT molecular complexity index is 698. The summed E-state index contributed by atoms with van der Waals surface area (Å²) >= 11 is 0. The minimum Gasteiger partial charge on any atom is -0.407 e. The molecule has 0 radical (unpaired) electrons. The maximum absolute atomic E-state index is 10.6. The number of hydrogen-bond donors (Lipinski definition) is 1. The summed E-state index contributed by atoms with van der Waals surface area (Å²) in [5.41, 5.74) is 0. The predicted octanol–water partition coefficient (Wildman–Crippen LogP) is 3.58. The van der Waals surface area contributed by atoms with E-state index in [0.29, 0.717) is 18.4 Å². The normalized spacial score (nSPS) is 28.0. The van der Waals surface area contributed by atoms with Crippen molar-refractivity contribution in [1.82, 2.24) is 0 Å². The van der Waals surface area contributed by atoms with Gasteiger partial charge in [-0.25, -0.2) is 0 Å². The van der Waals surface area contributed by atoms with Gasteiger partial charge in [-0.2, -0.15) is 0 Å². The lowest BCUT2D eigenvalue weighted by molar-refractivity contribution is 0.0747. The molecule has 0 spiro atoms. The molecule has 2 aromatic carbocycles. The predicted molar refractivity (Wildman–Crippen MR) is 109 cm³/mol. The summed E-state index contributed by atoms with van der Waals surface area (Å²) in [4.78, 5) is 0. The fraction of sp³-hybridized carbons (Fsp3) is 0.478. The molecule has 2 aromatic rings. The van der Waals surface area contributed by atoms with Gasteiger partial charge in [-0.1, -0.05) is 81.4 Å². The van der Waals surface area contributed by atoms with Crippen LogP contribution in [0.25, 0.3) is 0 Å². The monoisotopic (exact) mass is 366 g/mol. The molecule has 4 atom stereocenters. The zero-order valence-electron chi connectivity index (χ0n) is 16.1. The molecular formula is C23H30O2Si. The Morgan fingerprint density at radius 3 is 1.88 bits per heavy atom. The molecule has 4 rings (SSSR count). The molecule has 0 saturated heterocycles. The SMILES string of the molecule is CC(C)(C)[Si](OC[C@H]1C[C@@H]2C[C@@H]2[C@H]1O)(c1ccccc1)c1ccccc1. The van der Waals surface area contributed by atoms with Crippen molar-refractivity contribution < 1.29 is 9.53 Å². The molecule has 0 bridgehead atoms. The van der Waals surface area contributed by atoms with Crippen molar-refractivity contribution in [2.75, 3.05) is 6.61 Å². The Labute approximate surface area is 158 Å². The van der Waals surface area contributed by atoms with E-state index in [2.05, 4.69) is 81.4 Å². The van der Waals surface area contributed by atoms with Crippen LogP contribution in [0.2, 0.25) is 5.04 Å². The first-order chi connectivity index (χ1) is 12.4. The largest absolute Gasteiger partial charge is 0.407 e. The summed E-state index contributed by atoms with van der Waals surface area (Å²) in [7, 11) is -2.46. The van der Waals surface area contributed by atoms with E-state index in [1.54, 1.807) is 0 Å². The highest BCUT2D eigenvalue weighted by atomic mass is 28.4. The van der Waals surface area contributed by atoms with Crippen LogP contribution in [0, 0.1) is 17.8 Å². The van der Waals surface area contributed by atoms with Crippen LogP contribution in [0.5, 0.6) is 0 Å². The van der Waals surface area contributed by atoms with Crippen molar-refractivity contribution in [3.63, 3.8) is 0 Å². The summed E-state index contributed by atoms with van der Waals surface area (Å²) in [6.07, 6.45) is 2.18. The van der Waals surface area contributed by atoms with Crippen LogP contribution >= 0.6 is 0 Å². The van der Waals surface area contributed by atoms with Crippen LogP contribution in [0.4, 0.5) is 0 Å². The smallest absolute Gasteiger partial charge is 0.261 e. The minimum atomic E-state index is -2.46. The third-order valence-electron chi connectivity index (χ3n) is 6.44. The molecule has 2 fully saturated rings. The number of aliphatic hydroxyl groups is 1. The van der Waals surface area contributed by atoms with Crippen molar-refractivity contribution in [2.45, 2.75) is 44.8 Å². The third-order valence-corrected chi connectivity index (χ3v) is 11.4. The summed E-state index contributed by atoms with van der Waals surface area (Å²) in [5, 5.41) is 13.2. The van der Waals surface area contributed by atoms with E-state index < -0.39 is 8.32 Å². The molecule has 26 heavy (non-hydrogen) atoms. The van der Waals surface area contributed by atoms with E-state index >= 15 is 0 Å². The Morgan fingerprint density at radius 2 is 1.46 bits per heavy atom. The van der Waals surface area contributed by atoms with Gasteiger partial charge >= 0.3 is 0 Å². The lowest BCUT2D eigenvalue weighted by Crippen LogP contribution is -2.67. The van der Waals surface area contributed by atoms with Gasteiger partial charge in [0, 0.05) is 12.5 Å². The fourth-order valence-corrected chi connectivity index (χ4v) is 9.62. The zero-order chi connectivity index (χ0) is 18.4. The van der Waals surface area contributed by atoms with Gasteiger partial charge in [0.2, 0.25) is 0 Å². The van der Waals surface area contributed by atoms with Crippen LogP contribution in [0.1, 0.15) is 33.6 Å². The van der Waals surface area contributed by atoms with Gasteiger partial charge in [0.05, 0.1) is 6.10 Å². The first-order valence-corrected chi connectivity index (χ1v) is 11.8. The highest BCUT2D eigenvalue weighted by Gasteiger charge is 2.55. The molecule has 2 saturated carbocycles. The van der Waals surface area contributed by atoms with E-state index in [1.807, 2.05) is 0 Å². The lowest BCUT2D eigenvalue weighted by Gasteiger charge is -2.43. The molecule has 2 aliphatic rings. The average molecular weight is 367 g/mol. The molecule has 2 aliphatic carbocycles. The molecule has 0 heterocycles. The average Bonchev–Trinajstić information content (AvgIpc) is 3.34. The van der Waals surface area contributed by atoms with E-state index in [0.717, 1.165) is 12.3 Å². The van der Waals surface area contributed by atoms with E-state index in [4.69, 9.17) is 4.43 Å². The Balaban J connectivity index is 1.72. The minimum absolute atomic E-state index is 0.00217. The van der Waals surface area contributed by atoms with Gasteiger partial charge in [-0.05, 0) is 40.1 Å². The van der Waals surface area contributed by atoms with Crippen LogP contribution in [-0.2, 0) is 4.43 Å². The van der Waals surface area contributed by atoms with Crippen LogP contribution < -0.4 is 10.4 Å². The summed E-state index contributed by atoms with van der Waals surface area (Å²) in [6, 6.07) is 21.5. The van der Waals surface area contributed by atoms with Crippen molar-refractivity contribution in [1.29, 1.82) is 0 Å². The molecule has 2 nitrogen and oxygen atoms in total. The van der Waals surface area contributed by atoms with E-state index in [-0.39, 0.29) is 11.1 Å². The van der Waals surface area contributed by atoms with Crippen molar-refractivity contribution in [3.05, 3.63) is 60.7 Å². The first-order valence-electron chi connectivity index (χ1n) is 9.86. The number of fused-ring (bicyclic) bond motifs is 1. The van der Waals surface area contributed by atoms with Gasteiger partial charge in [-0.3, -0.25) is 0 Å². The highest BCUT2D eigenvalue weighted by Crippen LogP contribution is 2.54. The molecule has 0 amide bonds. The van der Waals surface area contributed by atoms with Gasteiger partial charge in [0.25, 0.3) is 8.32 Å². The Morgan fingerprint density at radius 1 is 0.923 bits per heavy atom. The molecule has 0 aromatic heterocycles. The molecule has 138 valence electrons. The van der Waals surface area contributed by atoms with Crippen LogP contribution in [0.15, 0.2) is 60.7 Å². The van der Waals surface area contributed by atoms with Crippen molar-refractivity contribution >= 4 is 18.7 Å². The Kier molecular flexibility index (Phi) is 4.58.